The summed E-state index contributed by atoms with van der Waals surface area (Å²) in [5.41, 5.74) is 4.03. The van der Waals surface area contributed by atoms with E-state index in [0.29, 0.717) is 30.6 Å². The lowest BCUT2D eigenvalue weighted by Gasteiger charge is -2.36. The molecule has 2 aliphatic rings. The van der Waals surface area contributed by atoms with E-state index in [1.165, 1.54) is 0 Å². The summed E-state index contributed by atoms with van der Waals surface area (Å²) >= 11 is 3.37. The number of hydrogen-bond acceptors (Lipinski definition) is 7. The monoisotopic (exact) mass is 497 g/mol. The van der Waals surface area contributed by atoms with Gasteiger partial charge in [-0.05, 0) is 61.8 Å². The molecule has 0 fully saturated rings. The number of thiophene rings is 1. The number of methoxy groups -OCH3 is 1. The summed E-state index contributed by atoms with van der Waals surface area (Å²) in [4.78, 5) is 29.0. The Kier molecular flexibility index (Phi) is 7.84. The highest BCUT2D eigenvalue weighted by molar-refractivity contribution is 7.99. The number of ether oxygens (including phenoxy) is 2. The molecule has 0 radical (unpaired) electrons. The third kappa shape index (κ3) is 5.10. The lowest BCUT2D eigenvalue weighted by Crippen LogP contribution is -2.36. The quantitative estimate of drug-likeness (QED) is 0.372. The molecule has 0 amide bonds. The molecule has 1 aromatic carbocycles. The van der Waals surface area contributed by atoms with Crippen LogP contribution in [0.15, 0.2) is 58.9 Å². The third-order valence-electron chi connectivity index (χ3n) is 6.32. The van der Waals surface area contributed by atoms with Crippen molar-refractivity contribution in [2.75, 3.05) is 25.2 Å². The molecule has 0 saturated heterocycles. The Morgan fingerprint density at radius 2 is 2.03 bits per heavy atom. The molecule has 1 N–H and O–H groups in total. The number of benzene rings is 1. The second-order valence-electron chi connectivity index (χ2n) is 8.58. The van der Waals surface area contributed by atoms with Gasteiger partial charge < -0.3 is 14.8 Å². The second-order valence-corrected chi connectivity index (χ2v) is 11.3. The molecule has 0 saturated carbocycles. The minimum Gasteiger partial charge on any atom is -0.497 e. The molecule has 0 spiro atoms. The van der Waals surface area contributed by atoms with Crippen LogP contribution in [0.3, 0.4) is 0 Å². The summed E-state index contributed by atoms with van der Waals surface area (Å²) in [5, 5.41) is 3.42. The highest BCUT2D eigenvalue weighted by Crippen LogP contribution is 2.47. The third-order valence-corrected chi connectivity index (χ3v) is 8.25. The first-order valence-electron chi connectivity index (χ1n) is 11.6. The first-order valence-corrected chi connectivity index (χ1v) is 13.6. The summed E-state index contributed by atoms with van der Waals surface area (Å²) in [7, 11) is 1.65. The molecule has 34 heavy (non-hydrogen) atoms. The zero-order valence-electron chi connectivity index (χ0n) is 20.1. The van der Waals surface area contributed by atoms with Crippen molar-refractivity contribution in [2.24, 2.45) is 0 Å². The molecule has 7 heteroatoms. The number of dihydropyridines is 1. The van der Waals surface area contributed by atoms with Gasteiger partial charge >= 0.3 is 5.97 Å². The lowest BCUT2D eigenvalue weighted by molar-refractivity contribution is -0.138. The molecule has 2 unspecified atom stereocenters. The van der Waals surface area contributed by atoms with E-state index >= 15 is 0 Å². The SMILES string of the molecule is CCSCCOC(=O)C1=C(C)NC2=C(C(=O)CC(c3cccc(OC)c3)C2)C1c1ccc(C)s1. The fourth-order valence-corrected chi connectivity index (χ4v) is 6.24. The van der Waals surface area contributed by atoms with Gasteiger partial charge in [-0.25, -0.2) is 4.79 Å². The van der Waals surface area contributed by atoms with Crippen LogP contribution < -0.4 is 10.1 Å². The van der Waals surface area contributed by atoms with Crippen molar-refractivity contribution < 1.29 is 19.1 Å². The van der Waals surface area contributed by atoms with Crippen LogP contribution in [0.5, 0.6) is 5.75 Å². The molecule has 0 bridgehead atoms. The van der Waals surface area contributed by atoms with E-state index in [-0.39, 0.29) is 23.6 Å². The number of rotatable bonds is 8. The number of ketones is 1. The predicted molar refractivity (Wildman–Crippen MR) is 139 cm³/mol. The Hall–Kier alpha value is -2.51. The Bertz CT molecular complexity index is 1150. The molecule has 1 aromatic heterocycles. The summed E-state index contributed by atoms with van der Waals surface area (Å²) < 4.78 is 11.0. The maximum atomic E-state index is 13.6. The minimum absolute atomic E-state index is 0.0620. The van der Waals surface area contributed by atoms with E-state index in [1.54, 1.807) is 30.2 Å². The lowest BCUT2D eigenvalue weighted by atomic mass is 9.73. The van der Waals surface area contributed by atoms with Crippen LogP contribution in [0.25, 0.3) is 0 Å². The highest BCUT2D eigenvalue weighted by atomic mass is 32.2. The van der Waals surface area contributed by atoms with Gasteiger partial charge in [-0.1, -0.05) is 19.1 Å². The van der Waals surface area contributed by atoms with Gasteiger partial charge in [0.2, 0.25) is 0 Å². The van der Waals surface area contributed by atoms with Gasteiger partial charge in [-0.15, -0.1) is 11.3 Å². The van der Waals surface area contributed by atoms with Crippen LogP contribution in [-0.2, 0) is 14.3 Å². The van der Waals surface area contributed by atoms with Crippen LogP contribution in [0.2, 0.25) is 0 Å². The summed E-state index contributed by atoms with van der Waals surface area (Å²) in [5.74, 6) is 1.95. The Morgan fingerprint density at radius 1 is 1.21 bits per heavy atom. The van der Waals surface area contributed by atoms with Crippen LogP contribution in [0, 0.1) is 6.92 Å². The first kappa shape index (κ1) is 24.6. The maximum Gasteiger partial charge on any atom is 0.336 e. The molecule has 4 rings (SSSR count). The summed E-state index contributed by atoms with van der Waals surface area (Å²) in [6.45, 7) is 6.40. The molecule has 2 aromatic rings. The first-order chi connectivity index (χ1) is 16.4. The van der Waals surface area contributed by atoms with Crippen LogP contribution in [-0.4, -0.2) is 37.0 Å². The predicted octanol–water partition coefficient (Wildman–Crippen LogP) is 5.72. The van der Waals surface area contributed by atoms with Crippen LogP contribution >= 0.6 is 23.1 Å². The molecule has 2 atom stereocenters. The number of thioether (sulfide) groups is 1. The average molecular weight is 498 g/mol. The van der Waals surface area contributed by atoms with E-state index in [2.05, 4.69) is 18.3 Å². The van der Waals surface area contributed by atoms with Gasteiger partial charge in [0.25, 0.3) is 0 Å². The van der Waals surface area contributed by atoms with E-state index in [4.69, 9.17) is 9.47 Å². The molecule has 180 valence electrons. The Balaban J connectivity index is 1.68. The van der Waals surface area contributed by atoms with Crippen LogP contribution in [0.4, 0.5) is 0 Å². The van der Waals surface area contributed by atoms with Gasteiger partial charge in [0.1, 0.15) is 12.4 Å². The van der Waals surface area contributed by atoms with E-state index in [9.17, 15) is 9.59 Å². The number of esters is 1. The molecule has 2 heterocycles. The van der Waals surface area contributed by atoms with Gasteiger partial charge in [-0.2, -0.15) is 11.8 Å². The number of allylic oxidation sites excluding steroid dienone is 3. The van der Waals surface area contributed by atoms with Crippen LogP contribution in [0.1, 0.15) is 53.8 Å². The molecular formula is C27H31NO4S2. The minimum atomic E-state index is -0.389. The van der Waals surface area contributed by atoms with E-state index in [0.717, 1.165) is 44.0 Å². The maximum absolute atomic E-state index is 13.6. The number of aryl methyl sites for hydroxylation is 1. The number of hydrogen-bond donors (Lipinski definition) is 1. The Morgan fingerprint density at radius 3 is 2.74 bits per heavy atom. The van der Waals surface area contributed by atoms with Crippen molar-refractivity contribution in [2.45, 2.75) is 45.4 Å². The standard InChI is InChI=1S/C27H31NO4S2/c1-5-33-12-11-32-27(30)24-17(3)28-21-14-19(18-7-6-8-20(13-18)31-4)15-22(29)25(21)26(24)23-10-9-16(2)34-23/h6-10,13,19,26,28H,5,11-12,14-15H2,1-4H3. The van der Waals surface area contributed by atoms with Gasteiger partial charge in [0.05, 0.1) is 18.6 Å². The summed E-state index contributed by atoms with van der Waals surface area (Å²) in [6.07, 6.45) is 1.12. The number of nitrogens with one attached hydrogen (secondary N) is 1. The van der Waals surface area contributed by atoms with Crippen molar-refractivity contribution in [3.63, 3.8) is 0 Å². The fourth-order valence-electron chi connectivity index (χ4n) is 4.75. The van der Waals surface area contributed by atoms with E-state index < -0.39 is 0 Å². The zero-order chi connectivity index (χ0) is 24.2. The van der Waals surface area contributed by atoms with Crippen molar-refractivity contribution in [1.82, 2.24) is 5.32 Å². The average Bonchev–Trinajstić information content (AvgIpc) is 3.26. The molecule has 1 aliphatic carbocycles. The van der Waals surface area contributed by atoms with Crippen molar-refractivity contribution in [3.05, 3.63) is 74.3 Å². The Labute approximate surface area is 209 Å². The fraction of sp³-hybridized carbons (Fsp3) is 0.407. The van der Waals surface area contributed by atoms with Crippen molar-refractivity contribution in [3.8, 4) is 5.75 Å². The second kappa shape index (κ2) is 10.8. The zero-order valence-corrected chi connectivity index (χ0v) is 21.7. The number of carbonyl (C=O) groups is 2. The van der Waals surface area contributed by atoms with Gasteiger partial charge in [-0.3, -0.25) is 4.79 Å². The van der Waals surface area contributed by atoms with Gasteiger partial charge in [0, 0.05) is 38.9 Å². The highest BCUT2D eigenvalue weighted by Gasteiger charge is 2.42. The summed E-state index contributed by atoms with van der Waals surface area (Å²) in [6, 6.07) is 12.0. The molecular weight excluding hydrogens is 466 g/mol. The molecule has 1 aliphatic heterocycles. The number of Topliss-reactive ketones (excluding diaryl/α,β-unsaturated/α-hetero) is 1. The number of carbonyl (C=O) groups excluding carboxylic acids is 2. The normalized spacial score (nSPS) is 20.2. The molecule has 5 nitrogen and oxygen atoms in total. The smallest absolute Gasteiger partial charge is 0.336 e. The van der Waals surface area contributed by atoms with Gasteiger partial charge in [0.15, 0.2) is 5.78 Å². The largest absolute Gasteiger partial charge is 0.497 e. The van der Waals surface area contributed by atoms with Crippen molar-refractivity contribution >= 4 is 34.9 Å². The van der Waals surface area contributed by atoms with Crippen molar-refractivity contribution in [1.29, 1.82) is 0 Å². The topological polar surface area (TPSA) is 64.6 Å². The van der Waals surface area contributed by atoms with E-state index in [1.807, 2.05) is 44.2 Å².